The van der Waals surface area contributed by atoms with E-state index < -0.39 is 0 Å². The molecule has 108 valence electrons. The molecule has 0 aliphatic rings. The van der Waals surface area contributed by atoms with Crippen molar-refractivity contribution in [2.75, 3.05) is 0 Å². The zero-order chi connectivity index (χ0) is 14.4. The lowest BCUT2D eigenvalue weighted by atomic mass is 10.1. The topological polar surface area (TPSA) is 55.2 Å². The second kappa shape index (κ2) is 7.36. The van der Waals surface area contributed by atoms with Crippen LogP contribution in [0, 0.1) is 5.92 Å². The molecular formula is C15H20N2O2S. The molecule has 4 nitrogen and oxygen atoms in total. The van der Waals surface area contributed by atoms with Gasteiger partial charge in [0.05, 0.1) is 29.2 Å². The number of aliphatic hydroxyl groups is 1. The summed E-state index contributed by atoms with van der Waals surface area (Å²) < 4.78 is 5.63. The zero-order valence-electron chi connectivity index (χ0n) is 11.9. The number of hydrogen-bond acceptors (Lipinski definition) is 5. The number of ether oxygens (including phenoxy) is 1. The Hall–Kier alpha value is -1.46. The Balaban J connectivity index is 1.84. The molecule has 2 aromatic heterocycles. The smallest absolute Gasteiger partial charge is 0.138 e. The lowest BCUT2D eigenvalue weighted by molar-refractivity contribution is 0.274. The molecule has 5 heteroatoms. The van der Waals surface area contributed by atoms with E-state index in [4.69, 9.17) is 9.84 Å². The summed E-state index contributed by atoms with van der Waals surface area (Å²) in [6, 6.07) is 3.56. The standard InChI is InChI=1S/C15H20N2O2S/c1-11(2)3-6-15-17-13(10-20-15)9-19-14-5-4-12(8-18)16-7-14/h4-5,7,10-11,18H,3,6,8-9H2,1-2H3. The maximum Gasteiger partial charge on any atom is 0.138 e. The Kier molecular flexibility index (Phi) is 5.49. The average molecular weight is 292 g/mol. The average Bonchev–Trinajstić information content (AvgIpc) is 2.91. The number of pyridine rings is 1. The highest BCUT2D eigenvalue weighted by Gasteiger charge is 2.04. The first-order chi connectivity index (χ1) is 9.67. The number of thiazole rings is 1. The molecule has 0 fully saturated rings. The van der Waals surface area contributed by atoms with Gasteiger partial charge in [-0.15, -0.1) is 11.3 Å². The fourth-order valence-electron chi connectivity index (χ4n) is 1.69. The fourth-order valence-corrected chi connectivity index (χ4v) is 2.49. The van der Waals surface area contributed by atoms with Gasteiger partial charge < -0.3 is 9.84 Å². The highest BCUT2D eigenvalue weighted by Crippen LogP contribution is 2.16. The Morgan fingerprint density at radius 1 is 1.30 bits per heavy atom. The van der Waals surface area contributed by atoms with Crippen molar-refractivity contribution in [3.63, 3.8) is 0 Å². The van der Waals surface area contributed by atoms with Gasteiger partial charge in [-0.2, -0.15) is 0 Å². The highest BCUT2D eigenvalue weighted by molar-refractivity contribution is 7.09. The molecule has 0 unspecified atom stereocenters. The van der Waals surface area contributed by atoms with E-state index in [2.05, 4.69) is 23.8 Å². The molecule has 0 spiro atoms. The number of nitrogens with zero attached hydrogens (tertiary/aromatic N) is 2. The molecule has 2 rings (SSSR count). The summed E-state index contributed by atoms with van der Waals surface area (Å²) in [4.78, 5) is 8.63. The molecular weight excluding hydrogens is 272 g/mol. The van der Waals surface area contributed by atoms with Gasteiger partial charge in [-0.25, -0.2) is 4.98 Å². The zero-order valence-corrected chi connectivity index (χ0v) is 12.7. The predicted molar refractivity (Wildman–Crippen MR) is 79.8 cm³/mol. The van der Waals surface area contributed by atoms with Crippen LogP contribution in [0.4, 0.5) is 0 Å². The number of hydrogen-bond donors (Lipinski definition) is 1. The minimum Gasteiger partial charge on any atom is -0.486 e. The van der Waals surface area contributed by atoms with Crippen LogP contribution >= 0.6 is 11.3 Å². The lowest BCUT2D eigenvalue weighted by Crippen LogP contribution is -1.98. The van der Waals surface area contributed by atoms with Crippen molar-refractivity contribution in [3.05, 3.63) is 40.1 Å². The van der Waals surface area contributed by atoms with Crippen LogP contribution in [0.2, 0.25) is 0 Å². The summed E-state index contributed by atoms with van der Waals surface area (Å²) in [5, 5.41) is 12.1. The molecule has 2 aromatic rings. The molecule has 1 N–H and O–H groups in total. The van der Waals surface area contributed by atoms with Gasteiger partial charge in [0.2, 0.25) is 0 Å². The molecule has 2 heterocycles. The Labute approximate surface area is 123 Å². The van der Waals surface area contributed by atoms with E-state index in [0.717, 1.165) is 12.1 Å². The second-order valence-electron chi connectivity index (χ2n) is 5.10. The van der Waals surface area contributed by atoms with Crippen LogP contribution in [0.5, 0.6) is 5.75 Å². The molecule has 0 amide bonds. The molecule has 0 radical (unpaired) electrons. The van der Waals surface area contributed by atoms with Gasteiger partial charge in [0.25, 0.3) is 0 Å². The third-order valence-electron chi connectivity index (χ3n) is 2.88. The van der Waals surface area contributed by atoms with Crippen LogP contribution in [0.1, 0.15) is 36.7 Å². The van der Waals surface area contributed by atoms with Gasteiger partial charge in [0.15, 0.2) is 0 Å². The van der Waals surface area contributed by atoms with Crippen LogP contribution in [0.25, 0.3) is 0 Å². The molecule has 0 saturated heterocycles. The van der Waals surface area contributed by atoms with Crippen molar-refractivity contribution in [2.45, 2.75) is 39.9 Å². The normalized spacial score (nSPS) is 11.0. The Bertz CT molecular complexity index is 523. The maximum atomic E-state index is 8.92. The van der Waals surface area contributed by atoms with E-state index in [1.165, 1.54) is 11.4 Å². The predicted octanol–water partition coefficient (Wildman–Crippen LogP) is 3.20. The Morgan fingerprint density at radius 2 is 2.15 bits per heavy atom. The van der Waals surface area contributed by atoms with Gasteiger partial charge in [-0.1, -0.05) is 13.8 Å². The largest absolute Gasteiger partial charge is 0.486 e. The first-order valence-corrected chi connectivity index (χ1v) is 7.67. The molecule has 0 atom stereocenters. The minimum absolute atomic E-state index is 0.0500. The monoisotopic (exact) mass is 292 g/mol. The number of aliphatic hydroxyl groups excluding tert-OH is 1. The number of aryl methyl sites for hydroxylation is 1. The maximum absolute atomic E-state index is 8.92. The van der Waals surface area contributed by atoms with E-state index >= 15 is 0 Å². The van der Waals surface area contributed by atoms with Crippen LogP contribution in [-0.4, -0.2) is 15.1 Å². The third-order valence-corrected chi connectivity index (χ3v) is 3.84. The fraction of sp³-hybridized carbons (Fsp3) is 0.467. The number of rotatable bonds is 7. The van der Waals surface area contributed by atoms with E-state index in [-0.39, 0.29) is 6.61 Å². The molecule has 0 aliphatic carbocycles. The molecule has 0 aromatic carbocycles. The SMILES string of the molecule is CC(C)CCc1nc(COc2ccc(CO)nc2)cs1. The second-order valence-corrected chi connectivity index (χ2v) is 6.04. The van der Waals surface area contributed by atoms with Crippen molar-refractivity contribution >= 4 is 11.3 Å². The molecule has 0 aliphatic heterocycles. The van der Waals surface area contributed by atoms with Gasteiger partial charge in [0.1, 0.15) is 12.4 Å². The first kappa shape index (κ1) is 14.9. The summed E-state index contributed by atoms with van der Waals surface area (Å²) in [7, 11) is 0. The van der Waals surface area contributed by atoms with Crippen LogP contribution in [0.3, 0.4) is 0 Å². The van der Waals surface area contributed by atoms with Gasteiger partial charge in [-0.05, 0) is 30.9 Å². The van der Waals surface area contributed by atoms with E-state index in [9.17, 15) is 0 Å². The van der Waals surface area contributed by atoms with E-state index in [0.29, 0.717) is 24.0 Å². The van der Waals surface area contributed by atoms with Crippen LogP contribution < -0.4 is 4.74 Å². The quantitative estimate of drug-likeness (QED) is 0.851. The summed E-state index contributed by atoms with van der Waals surface area (Å²) >= 11 is 1.69. The molecule has 20 heavy (non-hydrogen) atoms. The van der Waals surface area contributed by atoms with Crippen molar-refractivity contribution in [3.8, 4) is 5.75 Å². The van der Waals surface area contributed by atoms with Gasteiger partial charge in [-0.3, -0.25) is 4.98 Å². The summed E-state index contributed by atoms with van der Waals surface area (Å²) in [5.74, 6) is 1.40. The highest BCUT2D eigenvalue weighted by atomic mass is 32.1. The van der Waals surface area contributed by atoms with Gasteiger partial charge in [0, 0.05) is 5.38 Å². The van der Waals surface area contributed by atoms with Crippen LogP contribution in [0.15, 0.2) is 23.7 Å². The summed E-state index contributed by atoms with van der Waals surface area (Å²) in [5.41, 5.74) is 1.60. The number of aromatic nitrogens is 2. The van der Waals surface area contributed by atoms with E-state index in [1.54, 1.807) is 23.6 Å². The molecule has 0 bridgehead atoms. The van der Waals surface area contributed by atoms with Gasteiger partial charge >= 0.3 is 0 Å². The van der Waals surface area contributed by atoms with E-state index in [1.807, 2.05) is 11.4 Å². The lowest BCUT2D eigenvalue weighted by Gasteiger charge is -2.04. The van der Waals surface area contributed by atoms with Crippen LogP contribution in [-0.2, 0) is 19.6 Å². The Morgan fingerprint density at radius 3 is 2.80 bits per heavy atom. The molecule has 0 saturated carbocycles. The van der Waals surface area contributed by atoms with Crippen molar-refractivity contribution in [2.24, 2.45) is 5.92 Å². The minimum atomic E-state index is -0.0500. The van der Waals surface area contributed by atoms with Crippen molar-refractivity contribution < 1.29 is 9.84 Å². The third kappa shape index (κ3) is 4.58. The van der Waals surface area contributed by atoms with Crippen molar-refractivity contribution in [1.82, 2.24) is 9.97 Å². The summed E-state index contributed by atoms with van der Waals surface area (Å²) in [6.07, 6.45) is 3.83. The summed E-state index contributed by atoms with van der Waals surface area (Å²) in [6.45, 7) is 4.85. The first-order valence-electron chi connectivity index (χ1n) is 6.79. The van der Waals surface area contributed by atoms with Crippen molar-refractivity contribution in [1.29, 1.82) is 0 Å².